The summed E-state index contributed by atoms with van der Waals surface area (Å²) in [5.41, 5.74) is 1.04. The molecule has 2 fully saturated rings. The lowest BCUT2D eigenvalue weighted by Gasteiger charge is -2.30. The second kappa shape index (κ2) is 9.90. The molecule has 2 aliphatic rings. The van der Waals surface area contributed by atoms with Gasteiger partial charge in [0.25, 0.3) is 0 Å². The quantitative estimate of drug-likeness (QED) is 0.740. The monoisotopic (exact) mass is 346 g/mol. The maximum absolute atomic E-state index is 12.9. The van der Waals surface area contributed by atoms with Crippen molar-refractivity contribution >= 4 is 5.97 Å². The smallest absolute Gasteiger partial charge is 0.328 e. The van der Waals surface area contributed by atoms with E-state index in [1.807, 2.05) is 30.3 Å². The number of carbonyl (C=O) groups excluding carboxylic acids is 1. The van der Waals surface area contributed by atoms with Gasteiger partial charge in [0.05, 0.1) is 13.2 Å². The van der Waals surface area contributed by atoms with Crippen LogP contribution in [0, 0.1) is 0 Å². The molecule has 2 aliphatic heterocycles. The van der Waals surface area contributed by atoms with Gasteiger partial charge in [-0.3, -0.25) is 9.80 Å². The van der Waals surface area contributed by atoms with E-state index < -0.39 is 0 Å². The lowest BCUT2D eigenvalue weighted by molar-refractivity contribution is -0.151. The molecule has 0 bridgehead atoms. The molecule has 0 radical (unpaired) electrons. The third-order valence-corrected chi connectivity index (χ3v) is 5.10. The van der Waals surface area contributed by atoms with Crippen LogP contribution in [0.15, 0.2) is 30.3 Å². The Bertz CT molecular complexity index is 509. The molecule has 0 aromatic heterocycles. The Kier molecular flexibility index (Phi) is 7.27. The number of benzene rings is 1. The van der Waals surface area contributed by atoms with Gasteiger partial charge in [0, 0.05) is 19.6 Å². The Morgan fingerprint density at radius 2 is 1.68 bits per heavy atom. The molecule has 5 heteroatoms. The van der Waals surface area contributed by atoms with Gasteiger partial charge in [-0.15, -0.1) is 0 Å². The van der Waals surface area contributed by atoms with Gasteiger partial charge in [-0.2, -0.15) is 0 Å². The summed E-state index contributed by atoms with van der Waals surface area (Å²) >= 11 is 0. The molecule has 3 rings (SSSR count). The van der Waals surface area contributed by atoms with Crippen LogP contribution in [0.4, 0.5) is 0 Å². The fourth-order valence-corrected chi connectivity index (χ4v) is 3.66. The van der Waals surface area contributed by atoms with Crippen molar-refractivity contribution in [1.82, 2.24) is 9.80 Å². The van der Waals surface area contributed by atoms with E-state index >= 15 is 0 Å². The third-order valence-electron chi connectivity index (χ3n) is 5.10. The SMILES string of the molecule is O=C(OCCN1CCOCC1)C(c1ccccc1)N1CCCCCC1. The highest BCUT2D eigenvalue weighted by Gasteiger charge is 2.29. The zero-order valence-electron chi connectivity index (χ0n) is 15.1. The highest BCUT2D eigenvalue weighted by atomic mass is 16.5. The fourth-order valence-electron chi connectivity index (χ4n) is 3.66. The number of carbonyl (C=O) groups is 1. The Morgan fingerprint density at radius 3 is 2.36 bits per heavy atom. The number of morpholine rings is 1. The van der Waals surface area contributed by atoms with E-state index in [4.69, 9.17) is 9.47 Å². The summed E-state index contributed by atoms with van der Waals surface area (Å²) in [4.78, 5) is 17.5. The molecule has 1 atom stereocenters. The number of hydrogen-bond donors (Lipinski definition) is 0. The third kappa shape index (κ3) is 5.53. The number of rotatable bonds is 6. The summed E-state index contributed by atoms with van der Waals surface area (Å²) in [6.07, 6.45) is 4.82. The first-order valence-corrected chi connectivity index (χ1v) is 9.60. The molecule has 25 heavy (non-hydrogen) atoms. The van der Waals surface area contributed by atoms with Gasteiger partial charge in [-0.1, -0.05) is 43.2 Å². The molecular formula is C20H30N2O3. The minimum Gasteiger partial charge on any atom is -0.463 e. The second-order valence-corrected chi connectivity index (χ2v) is 6.88. The van der Waals surface area contributed by atoms with Crippen molar-refractivity contribution in [3.8, 4) is 0 Å². The van der Waals surface area contributed by atoms with Crippen LogP contribution in [0.25, 0.3) is 0 Å². The minimum absolute atomic E-state index is 0.110. The van der Waals surface area contributed by atoms with Crippen LogP contribution < -0.4 is 0 Å². The molecule has 1 aromatic rings. The molecule has 138 valence electrons. The number of hydrogen-bond acceptors (Lipinski definition) is 5. The van der Waals surface area contributed by atoms with Crippen molar-refractivity contribution < 1.29 is 14.3 Å². The molecule has 0 spiro atoms. The Hall–Kier alpha value is -1.43. The topological polar surface area (TPSA) is 42.0 Å². The van der Waals surface area contributed by atoms with E-state index in [-0.39, 0.29) is 12.0 Å². The van der Waals surface area contributed by atoms with E-state index in [2.05, 4.69) is 9.80 Å². The van der Waals surface area contributed by atoms with Crippen LogP contribution in [0.5, 0.6) is 0 Å². The number of esters is 1. The van der Waals surface area contributed by atoms with E-state index in [9.17, 15) is 4.79 Å². The Labute approximate surface area is 150 Å². The maximum atomic E-state index is 12.9. The van der Waals surface area contributed by atoms with Gasteiger partial charge < -0.3 is 9.47 Å². The van der Waals surface area contributed by atoms with Crippen molar-refractivity contribution in [1.29, 1.82) is 0 Å². The molecule has 1 aromatic carbocycles. The zero-order valence-corrected chi connectivity index (χ0v) is 15.1. The van der Waals surface area contributed by atoms with Crippen LogP contribution in [0.3, 0.4) is 0 Å². The minimum atomic E-state index is -0.274. The largest absolute Gasteiger partial charge is 0.463 e. The molecule has 5 nitrogen and oxygen atoms in total. The summed E-state index contributed by atoms with van der Waals surface area (Å²) in [5.74, 6) is -0.110. The van der Waals surface area contributed by atoms with Crippen molar-refractivity contribution in [2.24, 2.45) is 0 Å². The van der Waals surface area contributed by atoms with E-state index in [1.165, 1.54) is 12.8 Å². The van der Waals surface area contributed by atoms with Crippen molar-refractivity contribution in [3.05, 3.63) is 35.9 Å². The Balaban J connectivity index is 1.60. The highest BCUT2D eigenvalue weighted by molar-refractivity contribution is 5.77. The first-order valence-electron chi connectivity index (χ1n) is 9.60. The molecule has 0 saturated carbocycles. The van der Waals surface area contributed by atoms with Crippen LogP contribution in [-0.2, 0) is 14.3 Å². The van der Waals surface area contributed by atoms with E-state index in [0.29, 0.717) is 6.61 Å². The lowest BCUT2D eigenvalue weighted by atomic mass is 10.1. The van der Waals surface area contributed by atoms with E-state index in [0.717, 1.165) is 64.3 Å². The number of ether oxygens (including phenoxy) is 2. The van der Waals surface area contributed by atoms with Crippen molar-refractivity contribution in [3.63, 3.8) is 0 Å². The molecule has 1 unspecified atom stereocenters. The van der Waals surface area contributed by atoms with Gasteiger partial charge in [0.1, 0.15) is 12.6 Å². The molecular weight excluding hydrogens is 316 g/mol. The number of likely N-dealkylation sites (tertiary alicyclic amines) is 1. The summed E-state index contributed by atoms with van der Waals surface area (Å²) in [6, 6.07) is 9.80. The normalized spacial score (nSPS) is 21.4. The molecule has 2 saturated heterocycles. The molecule has 0 amide bonds. The van der Waals surface area contributed by atoms with Crippen LogP contribution >= 0.6 is 0 Å². The standard InChI is InChI=1S/C20H30N2O3/c23-20(25-17-14-21-12-15-24-16-13-21)19(18-8-4-3-5-9-18)22-10-6-1-2-7-11-22/h3-5,8-9,19H,1-2,6-7,10-17H2. The average Bonchev–Trinajstić information content (AvgIpc) is 2.93. The first kappa shape index (κ1) is 18.4. The summed E-state index contributed by atoms with van der Waals surface area (Å²) in [7, 11) is 0. The van der Waals surface area contributed by atoms with Gasteiger partial charge in [0.2, 0.25) is 0 Å². The van der Waals surface area contributed by atoms with Crippen LogP contribution in [0.2, 0.25) is 0 Å². The van der Waals surface area contributed by atoms with Gasteiger partial charge in [-0.25, -0.2) is 4.79 Å². The fraction of sp³-hybridized carbons (Fsp3) is 0.650. The predicted octanol–water partition coefficient (Wildman–Crippen LogP) is 2.48. The highest BCUT2D eigenvalue weighted by Crippen LogP contribution is 2.25. The van der Waals surface area contributed by atoms with Crippen molar-refractivity contribution in [2.75, 3.05) is 52.5 Å². The summed E-state index contributed by atoms with van der Waals surface area (Å²) in [6.45, 7) is 6.57. The summed E-state index contributed by atoms with van der Waals surface area (Å²) < 4.78 is 11.1. The van der Waals surface area contributed by atoms with Gasteiger partial charge >= 0.3 is 5.97 Å². The van der Waals surface area contributed by atoms with Gasteiger partial charge in [-0.05, 0) is 31.5 Å². The molecule has 0 aliphatic carbocycles. The van der Waals surface area contributed by atoms with Crippen molar-refractivity contribution in [2.45, 2.75) is 31.7 Å². The predicted molar refractivity (Wildman–Crippen MR) is 97.4 cm³/mol. The molecule has 0 N–H and O–H groups in total. The van der Waals surface area contributed by atoms with E-state index in [1.54, 1.807) is 0 Å². The van der Waals surface area contributed by atoms with Crippen LogP contribution in [-0.4, -0.2) is 68.3 Å². The second-order valence-electron chi connectivity index (χ2n) is 6.88. The average molecular weight is 346 g/mol. The lowest BCUT2D eigenvalue weighted by Crippen LogP contribution is -2.40. The first-order chi connectivity index (χ1) is 12.3. The van der Waals surface area contributed by atoms with Crippen LogP contribution in [0.1, 0.15) is 37.3 Å². The Morgan fingerprint density at radius 1 is 1.00 bits per heavy atom. The molecule has 2 heterocycles. The summed E-state index contributed by atoms with van der Waals surface area (Å²) in [5, 5.41) is 0. The maximum Gasteiger partial charge on any atom is 0.328 e. The van der Waals surface area contributed by atoms with Gasteiger partial charge in [0.15, 0.2) is 0 Å². The number of nitrogens with zero attached hydrogens (tertiary/aromatic N) is 2. The zero-order chi connectivity index (χ0) is 17.3.